The zero-order chi connectivity index (χ0) is 23.3. The average molecular weight is 460 g/mol. The molecular weight excluding hydrogens is 422 g/mol. The third-order valence-corrected chi connectivity index (χ3v) is 7.32. The first-order valence-electron chi connectivity index (χ1n) is 11.7. The minimum atomic E-state index is -3.19. The number of aromatic hydroxyl groups is 1. The van der Waals surface area contributed by atoms with Crippen molar-refractivity contribution in [3.8, 4) is 11.5 Å². The lowest BCUT2D eigenvalue weighted by Gasteiger charge is -2.35. The van der Waals surface area contributed by atoms with Gasteiger partial charge in [-0.3, -0.25) is 0 Å². The van der Waals surface area contributed by atoms with E-state index in [-0.39, 0.29) is 17.9 Å². The van der Waals surface area contributed by atoms with Gasteiger partial charge in [-0.25, -0.2) is 13.1 Å². The van der Waals surface area contributed by atoms with Gasteiger partial charge in [0.05, 0.1) is 12.4 Å². The van der Waals surface area contributed by atoms with E-state index in [1.165, 1.54) is 11.8 Å². The molecule has 0 bridgehead atoms. The van der Waals surface area contributed by atoms with E-state index in [9.17, 15) is 13.5 Å². The number of hydrogen-bond donors (Lipinski definition) is 2. The lowest BCUT2D eigenvalue weighted by molar-refractivity contribution is 0.155. The molecule has 0 radical (unpaired) electrons. The predicted octanol–water partition coefficient (Wildman–Crippen LogP) is 5.35. The van der Waals surface area contributed by atoms with E-state index in [4.69, 9.17) is 4.74 Å². The Morgan fingerprint density at radius 2 is 1.88 bits per heavy atom. The molecule has 2 aromatic rings. The fourth-order valence-corrected chi connectivity index (χ4v) is 5.23. The molecule has 4 unspecified atom stereocenters. The van der Waals surface area contributed by atoms with Crippen LogP contribution < -0.4 is 9.46 Å². The number of nitrogens with one attached hydrogen (secondary N) is 1. The van der Waals surface area contributed by atoms with Crippen LogP contribution in [0.4, 0.5) is 0 Å². The minimum Gasteiger partial charge on any atom is -0.508 e. The summed E-state index contributed by atoms with van der Waals surface area (Å²) in [4.78, 5) is 0. The zero-order valence-electron chi connectivity index (χ0n) is 19.7. The third kappa shape index (κ3) is 6.72. The molecule has 5 nitrogen and oxygen atoms in total. The number of benzene rings is 2. The lowest BCUT2D eigenvalue weighted by Crippen LogP contribution is -2.29. The van der Waals surface area contributed by atoms with Crippen LogP contribution in [0.5, 0.6) is 11.5 Å². The second-order valence-corrected chi connectivity index (χ2v) is 11.3. The minimum absolute atomic E-state index is 0.0563. The molecule has 0 aromatic heterocycles. The number of fused-ring (bicyclic) bond motifs is 1. The largest absolute Gasteiger partial charge is 0.508 e. The first-order valence-corrected chi connectivity index (χ1v) is 13.5. The standard InChI is InChI=1S/C26H37NO4S/c1-18(9-8-12-21-10-6-5-7-11-21)22-16-24(28)26-23(15-20(3)31-25(26)17-22)19(2)13-14-27-32(4,29)30/h5-7,10-11,16-20,23,27-28H,8-9,12-15H2,1-4H3. The number of phenols is 1. The predicted molar refractivity (Wildman–Crippen MR) is 130 cm³/mol. The normalized spacial score (nSPS) is 20.2. The van der Waals surface area contributed by atoms with Gasteiger partial charge >= 0.3 is 0 Å². The van der Waals surface area contributed by atoms with Crippen LogP contribution in [0, 0.1) is 5.92 Å². The van der Waals surface area contributed by atoms with Gasteiger partial charge in [0.15, 0.2) is 0 Å². The van der Waals surface area contributed by atoms with Gasteiger partial charge in [-0.05, 0) is 80.0 Å². The molecule has 1 heterocycles. The number of ether oxygens (including phenoxy) is 1. The molecule has 2 N–H and O–H groups in total. The summed E-state index contributed by atoms with van der Waals surface area (Å²) in [5.41, 5.74) is 3.33. The molecule has 176 valence electrons. The van der Waals surface area contributed by atoms with Gasteiger partial charge in [-0.2, -0.15) is 0 Å². The topological polar surface area (TPSA) is 75.6 Å². The number of aryl methyl sites for hydroxylation is 1. The van der Waals surface area contributed by atoms with Crippen LogP contribution in [-0.2, 0) is 16.4 Å². The molecule has 0 spiro atoms. The Bertz CT molecular complexity index is 990. The van der Waals surface area contributed by atoms with E-state index in [0.717, 1.165) is 42.6 Å². The Labute approximate surface area is 193 Å². The van der Waals surface area contributed by atoms with Crippen molar-refractivity contribution in [2.24, 2.45) is 5.92 Å². The Morgan fingerprint density at radius 3 is 2.56 bits per heavy atom. The summed E-state index contributed by atoms with van der Waals surface area (Å²) in [6.45, 7) is 6.79. The highest BCUT2D eigenvalue weighted by molar-refractivity contribution is 7.88. The molecule has 0 saturated carbocycles. The molecule has 0 aliphatic carbocycles. The third-order valence-electron chi connectivity index (χ3n) is 6.59. The average Bonchev–Trinajstić information content (AvgIpc) is 2.72. The molecule has 1 aliphatic rings. The van der Waals surface area contributed by atoms with Crippen LogP contribution in [0.1, 0.15) is 75.0 Å². The van der Waals surface area contributed by atoms with Crippen LogP contribution in [0.2, 0.25) is 0 Å². The van der Waals surface area contributed by atoms with E-state index in [0.29, 0.717) is 24.6 Å². The van der Waals surface area contributed by atoms with Crippen molar-refractivity contribution in [3.05, 3.63) is 59.2 Å². The van der Waals surface area contributed by atoms with Gasteiger partial charge in [0.2, 0.25) is 10.0 Å². The van der Waals surface area contributed by atoms with Crippen molar-refractivity contribution in [2.45, 2.75) is 70.8 Å². The molecule has 0 fully saturated rings. The molecule has 32 heavy (non-hydrogen) atoms. The molecule has 6 heteroatoms. The fraction of sp³-hybridized carbons (Fsp3) is 0.538. The van der Waals surface area contributed by atoms with E-state index < -0.39 is 10.0 Å². The number of phenolic OH excluding ortho intramolecular Hbond substituents is 1. The number of rotatable bonds is 10. The summed E-state index contributed by atoms with van der Waals surface area (Å²) < 4.78 is 31.5. The summed E-state index contributed by atoms with van der Waals surface area (Å²) in [6.07, 6.45) is 5.94. The highest BCUT2D eigenvalue weighted by Gasteiger charge is 2.33. The van der Waals surface area contributed by atoms with E-state index in [1.807, 2.05) is 12.1 Å². The van der Waals surface area contributed by atoms with Crippen LogP contribution in [0.15, 0.2) is 42.5 Å². The quantitative estimate of drug-likeness (QED) is 0.502. The zero-order valence-corrected chi connectivity index (χ0v) is 20.5. The van der Waals surface area contributed by atoms with Crippen LogP contribution >= 0.6 is 0 Å². The van der Waals surface area contributed by atoms with Gasteiger partial charge in [-0.1, -0.05) is 44.2 Å². The first-order chi connectivity index (χ1) is 15.1. The molecule has 0 saturated heterocycles. The van der Waals surface area contributed by atoms with Gasteiger partial charge in [0.25, 0.3) is 0 Å². The van der Waals surface area contributed by atoms with Crippen LogP contribution in [0.25, 0.3) is 0 Å². The van der Waals surface area contributed by atoms with Crippen LogP contribution in [-0.4, -0.2) is 32.4 Å². The second-order valence-electron chi connectivity index (χ2n) is 9.43. The fourth-order valence-electron chi connectivity index (χ4n) is 4.74. The molecule has 3 rings (SSSR count). The molecule has 4 atom stereocenters. The van der Waals surface area contributed by atoms with E-state index >= 15 is 0 Å². The van der Waals surface area contributed by atoms with Gasteiger partial charge in [-0.15, -0.1) is 0 Å². The van der Waals surface area contributed by atoms with E-state index in [1.54, 1.807) is 0 Å². The number of sulfonamides is 1. The Balaban J connectivity index is 1.69. The van der Waals surface area contributed by atoms with Gasteiger partial charge in [0, 0.05) is 12.1 Å². The van der Waals surface area contributed by atoms with Crippen molar-refractivity contribution in [1.82, 2.24) is 4.72 Å². The second kappa shape index (κ2) is 10.7. The summed E-state index contributed by atoms with van der Waals surface area (Å²) >= 11 is 0. The Morgan fingerprint density at radius 1 is 1.16 bits per heavy atom. The van der Waals surface area contributed by atoms with Gasteiger partial charge in [0.1, 0.15) is 11.5 Å². The SMILES string of the molecule is CC1CC(C(C)CCNS(C)(=O)=O)c2c(O)cc(C(C)CCCc3ccccc3)cc2O1. The molecular formula is C26H37NO4S. The number of hydrogen-bond acceptors (Lipinski definition) is 4. The lowest BCUT2D eigenvalue weighted by atomic mass is 9.78. The molecule has 1 aliphatic heterocycles. The van der Waals surface area contributed by atoms with Crippen molar-refractivity contribution >= 4 is 10.0 Å². The van der Waals surface area contributed by atoms with E-state index in [2.05, 4.69) is 55.8 Å². The maximum absolute atomic E-state index is 11.4. The Hall–Kier alpha value is -2.05. The summed E-state index contributed by atoms with van der Waals surface area (Å²) in [5, 5.41) is 11.0. The van der Waals surface area contributed by atoms with Crippen molar-refractivity contribution in [3.63, 3.8) is 0 Å². The maximum Gasteiger partial charge on any atom is 0.208 e. The summed E-state index contributed by atoms with van der Waals surface area (Å²) in [6, 6.07) is 14.5. The molecule has 2 aromatic carbocycles. The van der Waals surface area contributed by atoms with Crippen LogP contribution in [0.3, 0.4) is 0 Å². The van der Waals surface area contributed by atoms with Crippen molar-refractivity contribution < 1.29 is 18.3 Å². The maximum atomic E-state index is 11.4. The first kappa shape index (κ1) is 24.6. The van der Waals surface area contributed by atoms with Gasteiger partial charge < -0.3 is 9.84 Å². The van der Waals surface area contributed by atoms with Crippen molar-refractivity contribution in [1.29, 1.82) is 0 Å². The Kier molecular flexibility index (Phi) is 8.23. The summed E-state index contributed by atoms with van der Waals surface area (Å²) in [7, 11) is -3.19. The molecule has 0 amide bonds. The smallest absolute Gasteiger partial charge is 0.208 e. The summed E-state index contributed by atoms with van der Waals surface area (Å²) in [5.74, 6) is 1.76. The highest BCUT2D eigenvalue weighted by atomic mass is 32.2. The monoisotopic (exact) mass is 459 g/mol. The highest BCUT2D eigenvalue weighted by Crippen LogP contribution is 2.47. The van der Waals surface area contributed by atoms with Crippen molar-refractivity contribution in [2.75, 3.05) is 12.8 Å².